The molecule has 0 atom stereocenters. The lowest BCUT2D eigenvalue weighted by atomic mass is 10.0. The first-order valence-corrected chi connectivity index (χ1v) is 14.6. The van der Waals surface area contributed by atoms with E-state index in [4.69, 9.17) is 0 Å². The molecule has 0 aliphatic heterocycles. The van der Waals surface area contributed by atoms with Gasteiger partial charge >= 0.3 is 5.97 Å². The van der Waals surface area contributed by atoms with Crippen LogP contribution in [0.15, 0.2) is 42.5 Å². The molecule has 0 saturated carbocycles. The molecule has 0 spiro atoms. The van der Waals surface area contributed by atoms with E-state index in [2.05, 4.69) is 54.4 Å². The normalized spacial score (nSPS) is 10.7. The fraction of sp³-hybridized carbons (Fsp3) is 0.552. The van der Waals surface area contributed by atoms with E-state index in [1.54, 1.807) is 0 Å². The van der Waals surface area contributed by atoms with E-state index in [0.29, 0.717) is 32.7 Å². The van der Waals surface area contributed by atoms with Crippen LogP contribution < -0.4 is 5.32 Å². The maximum absolute atomic E-state index is 12.8. The Morgan fingerprint density at radius 1 is 0.947 bits per heavy atom. The van der Waals surface area contributed by atoms with Gasteiger partial charge in [-0.25, -0.2) is 0 Å². The van der Waals surface area contributed by atoms with E-state index in [9.17, 15) is 14.4 Å². The Labute approximate surface area is 233 Å². The molecular weight excluding hydrogens is 500 g/mol. The molecule has 2 amide bonds. The second-order valence-corrected chi connectivity index (χ2v) is 10.4. The van der Waals surface area contributed by atoms with Gasteiger partial charge in [0.05, 0.1) is 20.2 Å². The van der Waals surface area contributed by atoms with Crippen molar-refractivity contribution in [1.82, 2.24) is 20.0 Å². The summed E-state index contributed by atoms with van der Waals surface area (Å²) in [6, 6.07) is 14.3. The summed E-state index contributed by atoms with van der Waals surface area (Å²) in [6.45, 7) is 6.87. The quantitative estimate of drug-likeness (QED) is 0.343. The van der Waals surface area contributed by atoms with E-state index < -0.39 is 5.97 Å². The van der Waals surface area contributed by atoms with Crippen LogP contribution in [0.3, 0.4) is 0 Å². The molecule has 2 rings (SSSR count). The lowest BCUT2D eigenvalue weighted by Crippen LogP contribution is -2.45. The van der Waals surface area contributed by atoms with Crippen LogP contribution in [0, 0.1) is 0 Å². The lowest BCUT2D eigenvalue weighted by molar-refractivity contribution is -0.141. The second kappa shape index (κ2) is 19.4. The molecule has 0 bridgehead atoms. The number of amides is 2. The third-order valence-corrected chi connectivity index (χ3v) is 6.44. The number of benzene rings is 2. The number of thioether (sulfide) groups is 1. The number of likely N-dealkylation sites (N-methyl/N-ethyl adjacent to an activating group) is 1. The molecule has 212 valence electrons. The van der Waals surface area contributed by atoms with Crippen LogP contribution >= 0.6 is 11.8 Å². The Morgan fingerprint density at radius 3 is 2.26 bits per heavy atom. The number of nitrogens with one attached hydrogen (secondary N) is 1. The monoisotopic (exact) mass is 546 g/mol. The van der Waals surface area contributed by atoms with Crippen LogP contribution in [0.2, 0.25) is 0 Å². The molecule has 0 aliphatic rings. The van der Waals surface area contributed by atoms with Gasteiger partial charge in [0.1, 0.15) is 6.54 Å². The first-order chi connectivity index (χ1) is 18.2. The molecule has 1 N–H and O–H groups in total. The fourth-order valence-corrected chi connectivity index (χ4v) is 3.73. The standard InChI is InChI=1S/C26H38N4O4.C3H8S/c1-5-6-14-30(25(32)20-28(2)3)16-15-29(19-24(31)27-17-26(33)34-4)18-22-12-9-11-21-10-7-8-13-23(21)22;1-3-4-2/h7-13H,5-6,14-20H2,1-4H3,(H,27,31);3H2,1-2H3. The maximum atomic E-state index is 12.8. The number of carbonyl (C=O) groups is 3. The van der Waals surface area contributed by atoms with E-state index in [1.807, 2.05) is 58.8 Å². The highest BCUT2D eigenvalue weighted by Gasteiger charge is 2.18. The topological polar surface area (TPSA) is 82.2 Å². The maximum Gasteiger partial charge on any atom is 0.325 e. The largest absolute Gasteiger partial charge is 0.468 e. The Bertz CT molecular complexity index is 979. The first kappa shape index (κ1) is 33.4. The molecule has 0 aliphatic carbocycles. The lowest BCUT2D eigenvalue weighted by Gasteiger charge is -2.29. The van der Waals surface area contributed by atoms with Gasteiger partial charge in [0.15, 0.2) is 0 Å². The number of ether oxygens (including phenoxy) is 1. The molecule has 0 radical (unpaired) electrons. The fourth-order valence-electron chi connectivity index (χ4n) is 3.73. The van der Waals surface area contributed by atoms with Crippen molar-refractivity contribution in [3.63, 3.8) is 0 Å². The summed E-state index contributed by atoms with van der Waals surface area (Å²) < 4.78 is 4.61. The predicted octanol–water partition coefficient (Wildman–Crippen LogP) is 3.49. The van der Waals surface area contributed by atoms with Gasteiger partial charge in [0, 0.05) is 26.2 Å². The summed E-state index contributed by atoms with van der Waals surface area (Å²) in [7, 11) is 5.06. The Hall–Kier alpha value is -2.62. The average Bonchev–Trinajstić information content (AvgIpc) is 2.91. The van der Waals surface area contributed by atoms with Crippen LogP contribution in [-0.2, 0) is 25.7 Å². The summed E-state index contributed by atoms with van der Waals surface area (Å²) in [5, 5.41) is 4.89. The van der Waals surface area contributed by atoms with Gasteiger partial charge in [-0.2, -0.15) is 11.8 Å². The number of methoxy groups -OCH3 is 1. The molecule has 0 fully saturated rings. The Morgan fingerprint density at radius 2 is 1.63 bits per heavy atom. The van der Waals surface area contributed by atoms with Crippen molar-refractivity contribution in [3.8, 4) is 0 Å². The number of hydrogen-bond acceptors (Lipinski definition) is 7. The summed E-state index contributed by atoms with van der Waals surface area (Å²) in [5.74, 6) is 0.568. The van der Waals surface area contributed by atoms with Gasteiger partial charge < -0.3 is 19.9 Å². The number of fused-ring (bicyclic) bond motifs is 1. The zero-order valence-corrected chi connectivity index (χ0v) is 24.8. The van der Waals surface area contributed by atoms with E-state index in [1.165, 1.54) is 12.9 Å². The average molecular weight is 547 g/mol. The van der Waals surface area contributed by atoms with E-state index in [-0.39, 0.29) is 24.9 Å². The zero-order chi connectivity index (χ0) is 28.3. The van der Waals surface area contributed by atoms with Gasteiger partial charge in [0.25, 0.3) is 0 Å². The summed E-state index contributed by atoms with van der Waals surface area (Å²) in [5.41, 5.74) is 1.11. The molecule has 0 unspecified atom stereocenters. The summed E-state index contributed by atoms with van der Waals surface area (Å²) in [4.78, 5) is 42.5. The first-order valence-electron chi connectivity index (χ1n) is 13.2. The third kappa shape index (κ3) is 13.3. The van der Waals surface area contributed by atoms with Gasteiger partial charge in [0.2, 0.25) is 11.8 Å². The van der Waals surface area contributed by atoms with Crippen LogP contribution in [0.4, 0.5) is 0 Å². The van der Waals surface area contributed by atoms with Crippen molar-refractivity contribution >= 4 is 40.3 Å². The highest BCUT2D eigenvalue weighted by Crippen LogP contribution is 2.20. The van der Waals surface area contributed by atoms with Crippen LogP contribution in [0.5, 0.6) is 0 Å². The number of unbranched alkanes of at least 4 members (excludes halogenated alkanes) is 1. The highest BCUT2D eigenvalue weighted by molar-refractivity contribution is 7.98. The second-order valence-electron chi connectivity index (χ2n) is 9.25. The number of rotatable bonds is 15. The van der Waals surface area contributed by atoms with E-state index in [0.717, 1.165) is 29.2 Å². The molecular formula is C29H46N4O4S. The minimum atomic E-state index is -0.492. The molecule has 2 aromatic rings. The SMILES string of the molecule is CCCCN(CCN(CC(=O)NCC(=O)OC)Cc1cccc2ccccc12)C(=O)CN(C)C.CCSC. The number of carbonyl (C=O) groups excluding carboxylic acids is 3. The van der Waals surface area contributed by atoms with E-state index >= 15 is 0 Å². The smallest absolute Gasteiger partial charge is 0.325 e. The van der Waals surface area contributed by atoms with Crippen molar-refractivity contribution in [2.45, 2.75) is 33.2 Å². The molecule has 2 aromatic carbocycles. The van der Waals surface area contributed by atoms with Crippen LogP contribution in [0.1, 0.15) is 32.3 Å². The van der Waals surface area contributed by atoms with Gasteiger partial charge in [-0.15, -0.1) is 0 Å². The molecule has 9 heteroatoms. The molecule has 0 heterocycles. The minimum Gasteiger partial charge on any atom is -0.468 e. The van der Waals surface area contributed by atoms with Crippen molar-refractivity contribution in [2.24, 2.45) is 0 Å². The number of hydrogen-bond donors (Lipinski definition) is 1. The Kier molecular flexibility index (Phi) is 17.1. The van der Waals surface area contributed by atoms with Crippen molar-refractivity contribution in [3.05, 3.63) is 48.0 Å². The van der Waals surface area contributed by atoms with Crippen molar-refractivity contribution in [1.29, 1.82) is 0 Å². The molecule has 8 nitrogen and oxygen atoms in total. The van der Waals surface area contributed by atoms with Crippen molar-refractivity contribution in [2.75, 3.05) is 72.5 Å². The van der Waals surface area contributed by atoms with Crippen molar-refractivity contribution < 1.29 is 19.1 Å². The number of nitrogens with zero attached hydrogens (tertiary/aromatic N) is 3. The van der Waals surface area contributed by atoms with Gasteiger partial charge in [-0.05, 0) is 48.9 Å². The molecule has 38 heavy (non-hydrogen) atoms. The minimum absolute atomic E-state index is 0.0821. The highest BCUT2D eigenvalue weighted by atomic mass is 32.2. The molecule has 0 aromatic heterocycles. The predicted molar refractivity (Wildman–Crippen MR) is 158 cm³/mol. The Balaban J connectivity index is 0.00000168. The third-order valence-electron chi connectivity index (χ3n) is 5.86. The van der Waals surface area contributed by atoms with Crippen LogP contribution in [-0.4, -0.2) is 105 Å². The summed E-state index contributed by atoms with van der Waals surface area (Å²) >= 11 is 1.86. The summed E-state index contributed by atoms with van der Waals surface area (Å²) in [6.07, 6.45) is 4.03. The van der Waals surface area contributed by atoms with Gasteiger partial charge in [-0.3, -0.25) is 19.3 Å². The zero-order valence-electron chi connectivity index (χ0n) is 24.0. The van der Waals surface area contributed by atoms with Crippen LogP contribution in [0.25, 0.3) is 10.8 Å². The number of esters is 1. The van der Waals surface area contributed by atoms with Gasteiger partial charge in [-0.1, -0.05) is 62.7 Å². The molecule has 0 saturated heterocycles.